The lowest BCUT2D eigenvalue weighted by molar-refractivity contribution is -0.0319. The van der Waals surface area contributed by atoms with Crippen LogP contribution >= 0.6 is 0 Å². The van der Waals surface area contributed by atoms with Gasteiger partial charge in [0.2, 0.25) is 0 Å². The van der Waals surface area contributed by atoms with E-state index in [1.807, 2.05) is 26.8 Å². The maximum Gasteiger partial charge on any atom is 0.410 e. The van der Waals surface area contributed by atoms with Crippen molar-refractivity contribution in [2.75, 3.05) is 19.8 Å². The van der Waals surface area contributed by atoms with E-state index in [-0.39, 0.29) is 12.1 Å². The van der Waals surface area contributed by atoms with Crippen molar-refractivity contribution in [2.24, 2.45) is 0 Å². The van der Waals surface area contributed by atoms with Gasteiger partial charge in [0.05, 0.1) is 19.3 Å². The Kier molecular flexibility index (Phi) is 4.88. The van der Waals surface area contributed by atoms with Crippen LogP contribution < -0.4 is 0 Å². The number of amides is 1. The van der Waals surface area contributed by atoms with E-state index in [0.29, 0.717) is 19.8 Å². The van der Waals surface area contributed by atoms with E-state index in [2.05, 4.69) is 25.1 Å². The highest BCUT2D eigenvalue weighted by atomic mass is 16.6. The van der Waals surface area contributed by atoms with E-state index in [1.165, 1.54) is 11.1 Å². The molecule has 1 heterocycles. The van der Waals surface area contributed by atoms with E-state index in [9.17, 15) is 4.79 Å². The second-order valence-corrected chi connectivity index (χ2v) is 6.60. The number of carbonyl (C=O) groups is 1. The van der Waals surface area contributed by atoms with Crippen LogP contribution in [0.3, 0.4) is 0 Å². The Morgan fingerprint density at radius 3 is 2.86 bits per heavy atom. The lowest BCUT2D eigenvalue weighted by Crippen LogP contribution is -2.51. The van der Waals surface area contributed by atoms with Crippen molar-refractivity contribution in [3.05, 3.63) is 35.4 Å². The van der Waals surface area contributed by atoms with E-state index in [4.69, 9.17) is 9.47 Å². The average molecular weight is 291 g/mol. The van der Waals surface area contributed by atoms with Crippen LogP contribution in [0.2, 0.25) is 0 Å². The standard InChI is InChI=1S/C17H25NO3/c1-13-6-5-7-14(10-13)11-15-12-20-9-8-18(15)16(19)21-17(2,3)4/h5-7,10,15H,8-9,11-12H2,1-4H3. The van der Waals surface area contributed by atoms with Crippen LogP contribution in [-0.4, -0.2) is 42.4 Å². The lowest BCUT2D eigenvalue weighted by atomic mass is 10.0. The fraction of sp³-hybridized carbons (Fsp3) is 0.588. The SMILES string of the molecule is Cc1cccc(CC2COCCN2C(=O)OC(C)(C)C)c1. The molecule has 0 radical (unpaired) electrons. The fourth-order valence-electron chi connectivity index (χ4n) is 2.50. The molecule has 0 bridgehead atoms. The third-order valence-electron chi connectivity index (χ3n) is 3.41. The minimum atomic E-state index is -0.469. The van der Waals surface area contributed by atoms with E-state index < -0.39 is 5.60 Å². The van der Waals surface area contributed by atoms with Gasteiger partial charge in [0.15, 0.2) is 0 Å². The molecule has 4 nitrogen and oxygen atoms in total. The molecular weight excluding hydrogens is 266 g/mol. The number of hydrogen-bond donors (Lipinski definition) is 0. The van der Waals surface area contributed by atoms with Crippen molar-refractivity contribution in [1.29, 1.82) is 0 Å². The van der Waals surface area contributed by atoms with Crippen molar-refractivity contribution in [3.8, 4) is 0 Å². The average Bonchev–Trinajstić information content (AvgIpc) is 2.37. The van der Waals surface area contributed by atoms with Gasteiger partial charge < -0.3 is 14.4 Å². The summed E-state index contributed by atoms with van der Waals surface area (Å²) in [6.07, 6.45) is 0.546. The molecule has 1 aromatic carbocycles. The zero-order valence-electron chi connectivity index (χ0n) is 13.4. The highest BCUT2D eigenvalue weighted by Gasteiger charge is 2.31. The molecule has 1 atom stereocenters. The largest absolute Gasteiger partial charge is 0.444 e. The molecule has 1 unspecified atom stereocenters. The quantitative estimate of drug-likeness (QED) is 0.840. The Bertz CT molecular complexity index is 493. The molecule has 1 aliphatic heterocycles. The van der Waals surface area contributed by atoms with Crippen LogP contribution in [-0.2, 0) is 15.9 Å². The van der Waals surface area contributed by atoms with Crippen LogP contribution in [0.25, 0.3) is 0 Å². The van der Waals surface area contributed by atoms with Crippen molar-refractivity contribution >= 4 is 6.09 Å². The van der Waals surface area contributed by atoms with Crippen LogP contribution in [0.5, 0.6) is 0 Å². The predicted molar refractivity (Wildman–Crippen MR) is 82.4 cm³/mol. The van der Waals surface area contributed by atoms with Crippen LogP contribution in [0.15, 0.2) is 24.3 Å². The maximum atomic E-state index is 12.3. The number of aryl methyl sites for hydroxylation is 1. The molecule has 1 fully saturated rings. The number of morpholine rings is 1. The normalized spacial score (nSPS) is 19.4. The van der Waals surface area contributed by atoms with Gasteiger partial charge in [0.1, 0.15) is 5.60 Å². The smallest absolute Gasteiger partial charge is 0.410 e. The summed E-state index contributed by atoms with van der Waals surface area (Å²) in [4.78, 5) is 14.1. The van der Waals surface area contributed by atoms with Crippen molar-refractivity contribution in [1.82, 2.24) is 4.90 Å². The summed E-state index contributed by atoms with van der Waals surface area (Å²) in [7, 11) is 0. The molecule has 1 amide bonds. The van der Waals surface area contributed by atoms with Crippen molar-refractivity contribution in [3.63, 3.8) is 0 Å². The van der Waals surface area contributed by atoms with Gasteiger partial charge >= 0.3 is 6.09 Å². The Labute approximate surface area is 127 Å². The molecule has 0 saturated carbocycles. The minimum absolute atomic E-state index is 0.0374. The predicted octanol–water partition coefficient (Wildman–Crippen LogP) is 3.17. The number of hydrogen-bond acceptors (Lipinski definition) is 3. The maximum absolute atomic E-state index is 12.3. The van der Waals surface area contributed by atoms with E-state index >= 15 is 0 Å². The topological polar surface area (TPSA) is 38.8 Å². The molecule has 116 valence electrons. The van der Waals surface area contributed by atoms with E-state index in [1.54, 1.807) is 4.90 Å². The van der Waals surface area contributed by atoms with Crippen LogP contribution in [0.4, 0.5) is 4.79 Å². The summed E-state index contributed by atoms with van der Waals surface area (Å²) in [6, 6.07) is 8.41. The Morgan fingerprint density at radius 2 is 2.19 bits per heavy atom. The number of benzene rings is 1. The minimum Gasteiger partial charge on any atom is -0.444 e. The Hall–Kier alpha value is -1.55. The first kappa shape index (κ1) is 15.8. The number of ether oxygens (including phenoxy) is 2. The summed E-state index contributed by atoms with van der Waals surface area (Å²) in [6.45, 7) is 9.47. The first-order valence-electron chi connectivity index (χ1n) is 7.48. The first-order chi connectivity index (χ1) is 9.85. The molecule has 1 aliphatic rings. The molecule has 0 spiro atoms. The third kappa shape index (κ3) is 4.74. The summed E-state index contributed by atoms with van der Waals surface area (Å²) in [5.41, 5.74) is 1.98. The molecule has 1 aromatic rings. The molecule has 0 aromatic heterocycles. The monoisotopic (exact) mass is 291 g/mol. The zero-order valence-corrected chi connectivity index (χ0v) is 13.4. The van der Waals surface area contributed by atoms with Crippen molar-refractivity contribution in [2.45, 2.75) is 45.8 Å². The van der Waals surface area contributed by atoms with Gasteiger partial charge in [-0.1, -0.05) is 29.8 Å². The Morgan fingerprint density at radius 1 is 1.43 bits per heavy atom. The van der Waals surface area contributed by atoms with Gasteiger partial charge in [-0.3, -0.25) is 0 Å². The second-order valence-electron chi connectivity index (χ2n) is 6.60. The molecule has 1 saturated heterocycles. The number of nitrogens with zero attached hydrogens (tertiary/aromatic N) is 1. The van der Waals surface area contributed by atoms with Gasteiger partial charge in [0.25, 0.3) is 0 Å². The molecule has 2 rings (SSSR count). The number of rotatable bonds is 2. The number of carbonyl (C=O) groups excluding carboxylic acids is 1. The molecular formula is C17H25NO3. The fourth-order valence-corrected chi connectivity index (χ4v) is 2.50. The van der Waals surface area contributed by atoms with Gasteiger partial charge in [-0.05, 0) is 39.7 Å². The van der Waals surface area contributed by atoms with E-state index in [0.717, 1.165) is 6.42 Å². The van der Waals surface area contributed by atoms with Crippen LogP contribution in [0, 0.1) is 6.92 Å². The molecule has 21 heavy (non-hydrogen) atoms. The molecule has 0 aliphatic carbocycles. The highest BCUT2D eigenvalue weighted by Crippen LogP contribution is 2.18. The summed E-state index contributed by atoms with van der Waals surface area (Å²) < 4.78 is 11.0. The second kappa shape index (κ2) is 6.48. The third-order valence-corrected chi connectivity index (χ3v) is 3.41. The lowest BCUT2D eigenvalue weighted by Gasteiger charge is -2.36. The van der Waals surface area contributed by atoms with Crippen LogP contribution in [0.1, 0.15) is 31.9 Å². The first-order valence-corrected chi connectivity index (χ1v) is 7.48. The van der Waals surface area contributed by atoms with Gasteiger partial charge in [-0.15, -0.1) is 0 Å². The summed E-state index contributed by atoms with van der Waals surface area (Å²) in [5, 5.41) is 0. The summed E-state index contributed by atoms with van der Waals surface area (Å²) >= 11 is 0. The van der Waals surface area contributed by atoms with Gasteiger partial charge in [0, 0.05) is 6.54 Å². The van der Waals surface area contributed by atoms with Gasteiger partial charge in [-0.2, -0.15) is 0 Å². The highest BCUT2D eigenvalue weighted by molar-refractivity contribution is 5.68. The molecule has 0 N–H and O–H groups in total. The molecule has 4 heteroatoms. The van der Waals surface area contributed by atoms with Gasteiger partial charge in [-0.25, -0.2) is 4.79 Å². The Balaban J connectivity index is 2.06. The zero-order chi connectivity index (χ0) is 15.5. The van der Waals surface area contributed by atoms with Crippen molar-refractivity contribution < 1.29 is 14.3 Å². The summed E-state index contributed by atoms with van der Waals surface area (Å²) in [5.74, 6) is 0.